The average Bonchev–Trinajstić information content (AvgIpc) is 2.44. The molecule has 1 aliphatic carbocycles. The number of thioether (sulfide) groups is 1. The zero-order valence-corrected chi connectivity index (χ0v) is 12.9. The molecule has 0 saturated heterocycles. The number of rotatable bonds is 5. The van der Waals surface area contributed by atoms with Gasteiger partial charge in [-0.1, -0.05) is 43.0 Å². The van der Waals surface area contributed by atoms with Crippen molar-refractivity contribution in [2.24, 2.45) is 0 Å². The Hall–Kier alpha value is -0.250. The first-order valence-electron chi connectivity index (χ1n) is 6.86. The number of hydrogen-bond donors (Lipinski definition) is 1. The summed E-state index contributed by atoms with van der Waals surface area (Å²) >= 11 is 7.74. The Balaban J connectivity index is 1.90. The van der Waals surface area contributed by atoms with Crippen LogP contribution >= 0.6 is 23.4 Å². The zero-order valence-electron chi connectivity index (χ0n) is 11.3. The van der Waals surface area contributed by atoms with Gasteiger partial charge in [0, 0.05) is 23.4 Å². The predicted molar refractivity (Wildman–Crippen MR) is 82.4 cm³/mol. The van der Waals surface area contributed by atoms with Gasteiger partial charge in [-0.15, -0.1) is 0 Å². The minimum Gasteiger partial charge on any atom is -0.311 e. The van der Waals surface area contributed by atoms with Crippen molar-refractivity contribution in [3.63, 3.8) is 0 Å². The van der Waals surface area contributed by atoms with Gasteiger partial charge in [-0.05, 0) is 25.2 Å². The van der Waals surface area contributed by atoms with E-state index in [0.29, 0.717) is 16.9 Å². The van der Waals surface area contributed by atoms with Gasteiger partial charge in [-0.3, -0.25) is 0 Å². The highest BCUT2D eigenvalue weighted by molar-refractivity contribution is 8.00. The van der Waals surface area contributed by atoms with Gasteiger partial charge < -0.3 is 5.32 Å². The maximum absolute atomic E-state index is 13.8. The monoisotopic (exact) mass is 301 g/mol. The van der Waals surface area contributed by atoms with Crippen LogP contribution in [0.3, 0.4) is 0 Å². The molecule has 106 valence electrons. The highest BCUT2D eigenvalue weighted by atomic mass is 35.5. The molecule has 1 N–H and O–H groups in total. The van der Waals surface area contributed by atoms with Gasteiger partial charge in [-0.2, -0.15) is 11.8 Å². The van der Waals surface area contributed by atoms with E-state index in [1.807, 2.05) is 11.8 Å². The van der Waals surface area contributed by atoms with E-state index < -0.39 is 0 Å². The number of halogens is 2. The number of hydrogen-bond acceptors (Lipinski definition) is 2. The minimum atomic E-state index is -0.293. The Labute approximate surface area is 124 Å². The molecular weight excluding hydrogens is 281 g/mol. The van der Waals surface area contributed by atoms with Gasteiger partial charge >= 0.3 is 0 Å². The predicted octanol–water partition coefficient (Wildman–Crippen LogP) is 4.63. The molecule has 4 heteroatoms. The van der Waals surface area contributed by atoms with E-state index in [0.717, 1.165) is 6.54 Å². The van der Waals surface area contributed by atoms with Gasteiger partial charge in [0.15, 0.2) is 0 Å². The normalized spacial score (nSPS) is 18.5. The fourth-order valence-electron chi connectivity index (χ4n) is 2.76. The highest BCUT2D eigenvalue weighted by Crippen LogP contribution is 2.38. The van der Waals surface area contributed by atoms with Gasteiger partial charge in [0.1, 0.15) is 5.82 Å². The van der Waals surface area contributed by atoms with Crippen LogP contribution in [0.2, 0.25) is 5.02 Å². The summed E-state index contributed by atoms with van der Waals surface area (Å²) in [6, 6.07) is 5.18. The molecular formula is C15H21ClFNS. The van der Waals surface area contributed by atoms with E-state index in [2.05, 4.69) is 11.6 Å². The van der Waals surface area contributed by atoms with Crippen molar-refractivity contribution in [2.45, 2.75) is 43.4 Å². The van der Waals surface area contributed by atoms with Crippen molar-refractivity contribution < 1.29 is 4.39 Å². The van der Waals surface area contributed by atoms with E-state index in [1.165, 1.54) is 32.1 Å². The molecule has 1 aromatic carbocycles. The van der Waals surface area contributed by atoms with Gasteiger partial charge in [-0.25, -0.2) is 4.39 Å². The standard InChI is InChI=1S/C15H21ClFNS/c1-19-15(8-3-2-4-9-15)11-18-10-12-6-5-7-13(16)14(12)17/h5-7,18H,2-4,8-11H2,1H3. The van der Waals surface area contributed by atoms with Crippen LogP contribution in [-0.4, -0.2) is 17.5 Å². The van der Waals surface area contributed by atoms with Crippen molar-refractivity contribution >= 4 is 23.4 Å². The van der Waals surface area contributed by atoms with Crippen molar-refractivity contribution in [1.29, 1.82) is 0 Å². The van der Waals surface area contributed by atoms with Crippen molar-refractivity contribution in [1.82, 2.24) is 5.32 Å². The summed E-state index contributed by atoms with van der Waals surface area (Å²) in [6.07, 6.45) is 8.69. The first-order chi connectivity index (χ1) is 9.17. The molecule has 1 nitrogen and oxygen atoms in total. The molecule has 19 heavy (non-hydrogen) atoms. The molecule has 0 heterocycles. The number of benzene rings is 1. The highest BCUT2D eigenvalue weighted by Gasteiger charge is 2.30. The Morgan fingerprint density at radius 1 is 1.32 bits per heavy atom. The van der Waals surface area contributed by atoms with Crippen LogP contribution in [0.5, 0.6) is 0 Å². The lowest BCUT2D eigenvalue weighted by atomic mass is 9.88. The molecule has 0 unspecified atom stereocenters. The summed E-state index contributed by atoms with van der Waals surface area (Å²) in [5, 5.41) is 3.62. The van der Waals surface area contributed by atoms with Gasteiger partial charge in [0.05, 0.1) is 5.02 Å². The van der Waals surface area contributed by atoms with Crippen molar-refractivity contribution in [3.05, 3.63) is 34.6 Å². The zero-order chi connectivity index (χ0) is 13.7. The lowest BCUT2D eigenvalue weighted by Gasteiger charge is -2.36. The summed E-state index contributed by atoms with van der Waals surface area (Å²) in [7, 11) is 0. The van der Waals surface area contributed by atoms with Crippen LogP contribution in [0.1, 0.15) is 37.7 Å². The number of nitrogens with one attached hydrogen (secondary N) is 1. The lowest BCUT2D eigenvalue weighted by Crippen LogP contribution is -2.39. The van der Waals surface area contributed by atoms with E-state index in [4.69, 9.17) is 11.6 Å². The topological polar surface area (TPSA) is 12.0 Å². The second-order valence-electron chi connectivity index (χ2n) is 5.26. The van der Waals surface area contributed by atoms with Crippen molar-refractivity contribution in [2.75, 3.05) is 12.8 Å². The summed E-state index contributed by atoms with van der Waals surface area (Å²) < 4.78 is 14.1. The average molecular weight is 302 g/mol. The first kappa shape index (κ1) is 15.1. The molecule has 0 radical (unpaired) electrons. The molecule has 0 amide bonds. The Morgan fingerprint density at radius 3 is 2.74 bits per heavy atom. The third-order valence-electron chi connectivity index (χ3n) is 3.99. The Kier molecular flexibility index (Phi) is 5.55. The minimum absolute atomic E-state index is 0.205. The molecule has 0 bridgehead atoms. The Morgan fingerprint density at radius 2 is 2.05 bits per heavy atom. The van der Waals surface area contributed by atoms with E-state index >= 15 is 0 Å². The molecule has 1 aliphatic rings. The fraction of sp³-hybridized carbons (Fsp3) is 0.600. The van der Waals surface area contributed by atoms with Crippen LogP contribution in [-0.2, 0) is 6.54 Å². The van der Waals surface area contributed by atoms with Crippen LogP contribution in [0.4, 0.5) is 4.39 Å². The fourth-order valence-corrected chi connectivity index (χ4v) is 3.90. The van der Waals surface area contributed by atoms with E-state index in [9.17, 15) is 4.39 Å². The molecule has 1 fully saturated rings. The van der Waals surface area contributed by atoms with E-state index in [-0.39, 0.29) is 10.8 Å². The maximum atomic E-state index is 13.8. The van der Waals surface area contributed by atoms with Crippen molar-refractivity contribution in [3.8, 4) is 0 Å². The molecule has 1 saturated carbocycles. The maximum Gasteiger partial charge on any atom is 0.146 e. The third-order valence-corrected chi connectivity index (χ3v) is 5.70. The molecule has 2 rings (SSSR count). The van der Waals surface area contributed by atoms with Gasteiger partial charge in [0.25, 0.3) is 0 Å². The smallest absolute Gasteiger partial charge is 0.146 e. The Bertz CT molecular complexity index is 419. The molecule has 0 aromatic heterocycles. The van der Waals surface area contributed by atoms with Crippen LogP contribution in [0.15, 0.2) is 18.2 Å². The molecule has 0 atom stereocenters. The molecule has 0 spiro atoms. The summed E-state index contributed by atoms with van der Waals surface area (Å²) in [4.78, 5) is 0. The second-order valence-corrected chi connectivity index (χ2v) is 6.95. The third kappa shape index (κ3) is 3.87. The quantitative estimate of drug-likeness (QED) is 0.850. The van der Waals surface area contributed by atoms with E-state index in [1.54, 1.807) is 18.2 Å². The lowest BCUT2D eigenvalue weighted by molar-refractivity contribution is 0.378. The SMILES string of the molecule is CSC1(CNCc2cccc(Cl)c2F)CCCCC1. The molecule has 0 aliphatic heterocycles. The van der Waals surface area contributed by atoms with Crippen LogP contribution in [0, 0.1) is 5.82 Å². The summed E-state index contributed by atoms with van der Waals surface area (Å²) in [5.74, 6) is -0.293. The van der Waals surface area contributed by atoms with Crippen LogP contribution in [0.25, 0.3) is 0 Å². The van der Waals surface area contributed by atoms with Gasteiger partial charge in [0.2, 0.25) is 0 Å². The first-order valence-corrected chi connectivity index (χ1v) is 8.46. The second kappa shape index (κ2) is 6.96. The molecule has 1 aromatic rings. The largest absolute Gasteiger partial charge is 0.311 e. The van der Waals surface area contributed by atoms with Crippen LogP contribution < -0.4 is 5.32 Å². The summed E-state index contributed by atoms with van der Waals surface area (Å²) in [6.45, 7) is 1.49. The summed E-state index contributed by atoms with van der Waals surface area (Å²) in [5.41, 5.74) is 0.652.